The number of aliphatic hydroxyl groups is 1. The molecule has 2 aliphatic rings. The number of carbonyl (C=O) groups is 1. The third-order valence-corrected chi connectivity index (χ3v) is 9.97. The molecule has 0 bridgehead atoms. The second kappa shape index (κ2) is 11.4. The summed E-state index contributed by atoms with van der Waals surface area (Å²) in [6.45, 7) is -0.276. The molecule has 3 N–H and O–H groups in total. The van der Waals surface area contributed by atoms with Crippen LogP contribution in [0.2, 0.25) is 0 Å². The standard InChI is InChI=1S/C30H34FN3O4S/c31-25-11-10-22(20-35)28(16-25)39(37,38)26-12-8-21(9-13-26)18-33-29(36)30(24-6-4-2-1-3-5-7-24)17-23-19-32-15-14-27(23)34-30/h8-16,19,24,34-35H,1-7,17-18,20H2,(H,33,36). The number of nitrogens with one attached hydrogen (secondary N) is 2. The highest BCUT2D eigenvalue weighted by Crippen LogP contribution is 2.42. The van der Waals surface area contributed by atoms with E-state index in [9.17, 15) is 22.7 Å². The lowest BCUT2D eigenvalue weighted by molar-refractivity contribution is -0.127. The summed E-state index contributed by atoms with van der Waals surface area (Å²) in [6, 6.07) is 11.4. The molecule has 0 radical (unpaired) electrons. The van der Waals surface area contributed by atoms with E-state index >= 15 is 0 Å². The first-order chi connectivity index (χ1) is 18.8. The summed E-state index contributed by atoms with van der Waals surface area (Å²) in [4.78, 5) is 17.9. The van der Waals surface area contributed by atoms with E-state index < -0.39 is 27.8 Å². The summed E-state index contributed by atoms with van der Waals surface area (Å²) in [5.41, 5.74) is 2.13. The minimum atomic E-state index is -4.03. The molecule has 0 saturated heterocycles. The van der Waals surface area contributed by atoms with E-state index in [0.717, 1.165) is 54.6 Å². The van der Waals surface area contributed by atoms with Crippen LogP contribution in [0.25, 0.3) is 0 Å². The number of halogens is 1. The zero-order valence-electron chi connectivity index (χ0n) is 21.8. The van der Waals surface area contributed by atoms with E-state index in [4.69, 9.17) is 0 Å². The molecule has 1 atom stereocenters. The molecule has 3 aromatic rings. The molecule has 0 spiro atoms. The minimum Gasteiger partial charge on any atom is -0.392 e. The number of pyridine rings is 1. The first-order valence-corrected chi connectivity index (χ1v) is 15.0. The molecule has 2 heterocycles. The second-order valence-corrected chi connectivity index (χ2v) is 12.5. The van der Waals surface area contributed by atoms with Crippen LogP contribution in [0.5, 0.6) is 0 Å². The summed E-state index contributed by atoms with van der Waals surface area (Å²) in [6.07, 6.45) is 12.0. The van der Waals surface area contributed by atoms with Gasteiger partial charge in [-0.05, 0) is 65.8 Å². The number of amides is 1. The summed E-state index contributed by atoms with van der Waals surface area (Å²) >= 11 is 0. The number of aromatic nitrogens is 1. The Labute approximate surface area is 228 Å². The molecule has 1 fully saturated rings. The third-order valence-electron chi connectivity index (χ3n) is 8.11. The molecular weight excluding hydrogens is 517 g/mol. The number of aliphatic hydroxyl groups excluding tert-OH is 1. The Balaban J connectivity index is 1.33. The summed E-state index contributed by atoms with van der Waals surface area (Å²) < 4.78 is 40.1. The number of hydrogen-bond donors (Lipinski definition) is 3. The Bertz CT molecular complexity index is 1410. The predicted molar refractivity (Wildman–Crippen MR) is 146 cm³/mol. The van der Waals surface area contributed by atoms with Gasteiger partial charge in [0.05, 0.1) is 16.4 Å². The van der Waals surface area contributed by atoms with Gasteiger partial charge in [-0.25, -0.2) is 12.8 Å². The first kappa shape index (κ1) is 27.3. The van der Waals surface area contributed by atoms with Gasteiger partial charge >= 0.3 is 0 Å². The molecule has 1 saturated carbocycles. The van der Waals surface area contributed by atoms with Crippen LogP contribution in [0.4, 0.5) is 10.1 Å². The minimum absolute atomic E-state index is 0.00993. The SMILES string of the molecule is O=C(NCc1ccc(S(=O)(=O)c2cc(F)ccc2CO)cc1)C1(C2CCCCCCC2)Cc2cnccc2N1. The van der Waals surface area contributed by atoms with Crippen LogP contribution in [-0.2, 0) is 34.2 Å². The third kappa shape index (κ3) is 5.56. The van der Waals surface area contributed by atoms with Crippen LogP contribution in [0.3, 0.4) is 0 Å². The quantitative estimate of drug-likeness (QED) is 0.384. The van der Waals surface area contributed by atoms with Crippen molar-refractivity contribution in [3.05, 3.63) is 83.4 Å². The van der Waals surface area contributed by atoms with Crippen LogP contribution in [0.15, 0.2) is 70.7 Å². The Morgan fingerprint density at radius 3 is 2.46 bits per heavy atom. The molecule has 9 heteroatoms. The average molecular weight is 552 g/mol. The van der Waals surface area contributed by atoms with Crippen molar-refractivity contribution in [2.75, 3.05) is 5.32 Å². The molecule has 1 aliphatic heterocycles. The predicted octanol–water partition coefficient (Wildman–Crippen LogP) is 4.93. The van der Waals surface area contributed by atoms with Crippen LogP contribution in [0.1, 0.15) is 61.6 Å². The van der Waals surface area contributed by atoms with Gasteiger partial charge < -0.3 is 15.7 Å². The maximum absolute atomic E-state index is 13.9. The van der Waals surface area contributed by atoms with Gasteiger partial charge in [-0.15, -0.1) is 0 Å². The van der Waals surface area contributed by atoms with Crippen LogP contribution < -0.4 is 10.6 Å². The van der Waals surface area contributed by atoms with Gasteiger partial charge in [-0.2, -0.15) is 0 Å². The maximum atomic E-state index is 13.9. The van der Waals surface area contributed by atoms with Crippen LogP contribution >= 0.6 is 0 Å². The highest BCUT2D eigenvalue weighted by molar-refractivity contribution is 7.91. The highest BCUT2D eigenvalue weighted by Gasteiger charge is 2.49. The molecule has 1 aromatic heterocycles. The molecule has 39 heavy (non-hydrogen) atoms. The summed E-state index contributed by atoms with van der Waals surface area (Å²) in [5.74, 6) is -0.556. The number of carbonyl (C=O) groups excluding carboxylic acids is 1. The lowest BCUT2D eigenvalue weighted by atomic mass is 9.74. The fourth-order valence-electron chi connectivity index (χ4n) is 5.96. The second-order valence-electron chi connectivity index (χ2n) is 10.6. The smallest absolute Gasteiger partial charge is 0.246 e. The zero-order valence-corrected chi connectivity index (χ0v) is 22.6. The monoisotopic (exact) mass is 551 g/mol. The Morgan fingerprint density at radius 1 is 1.05 bits per heavy atom. The van der Waals surface area contributed by atoms with Crippen molar-refractivity contribution in [1.29, 1.82) is 0 Å². The number of anilines is 1. The number of hydrogen-bond acceptors (Lipinski definition) is 6. The number of rotatable bonds is 7. The van der Waals surface area contributed by atoms with Gasteiger partial charge in [0.15, 0.2) is 0 Å². The fourth-order valence-corrected chi connectivity index (χ4v) is 7.45. The van der Waals surface area contributed by atoms with Gasteiger partial charge in [0.1, 0.15) is 11.4 Å². The van der Waals surface area contributed by atoms with Crippen molar-refractivity contribution in [3.8, 4) is 0 Å². The molecule has 7 nitrogen and oxygen atoms in total. The Hall–Kier alpha value is -3.30. The van der Waals surface area contributed by atoms with Gasteiger partial charge in [0, 0.05) is 31.0 Å². The van der Waals surface area contributed by atoms with Crippen molar-refractivity contribution in [2.45, 2.75) is 79.8 Å². The van der Waals surface area contributed by atoms with Gasteiger partial charge in [0.2, 0.25) is 15.7 Å². The largest absolute Gasteiger partial charge is 0.392 e. The van der Waals surface area contributed by atoms with E-state index in [0.29, 0.717) is 6.42 Å². The van der Waals surface area contributed by atoms with Crippen LogP contribution in [-0.4, -0.2) is 30.0 Å². The first-order valence-electron chi connectivity index (χ1n) is 13.6. The van der Waals surface area contributed by atoms with Crippen molar-refractivity contribution >= 4 is 21.4 Å². The van der Waals surface area contributed by atoms with Gasteiger partial charge in [-0.3, -0.25) is 9.78 Å². The van der Waals surface area contributed by atoms with E-state index in [-0.39, 0.29) is 33.7 Å². The summed E-state index contributed by atoms with van der Waals surface area (Å²) in [7, 11) is -4.03. The lowest BCUT2D eigenvalue weighted by Crippen LogP contribution is -2.56. The van der Waals surface area contributed by atoms with Crippen molar-refractivity contribution in [2.24, 2.45) is 5.92 Å². The van der Waals surface area contributed by atoms with Gasteiger partial charge in [0.25, 0.3) is 0 Å². The molecular formula is C30H34FN3O4S. The number of sulfone groups is 1. The number of fused-ring (bicyclic) bond motifs is 1. The molecule has 1 unspecified atom stereocenters. The topological polar surface area (TPSA) is 108 Å². The van der Waals surface area contributed by atoms with Crippen molar-refractivity contribution in [1.82, 2.24) is 10.3 Å². The number of nitrogens with zero attached hydrogens (tertiary/aromatic N) is 1. The zero-order chi connectivity index (χ0) is 27.5. The summed E-state index contributed by atoms with van der Waals surface area (Å²) in [5, 5.41) is 16.2. The molecule has 5 rings (SSSR count). The average Bonchev–Trinajstić information content (AvgIpc) is 3.32. The van der Waals surface area contributed by atoms with E-state index in [1.54, 1.807) is 18.3 Å². The van der Waals surface area contributed by atoms with E-state index in [1.165, 1.54) is 37.5 Å². The highest BCUT2D eigenvalue weighted by atomic mass is 32.2. The Morgan fingerprint density at radius 2 is 1.77 bits per heavy atom. The van der Waals surface area contributed by atoms with Crippen molar-refractivity contribution < 1.29 is 22.7 Å². The molecule has 2 aromatic carbocycles. The molecule has 1 amide bonds. The van der Waals surface area contributed by atoms with E-state index in [2.05, 4.69) is 15.6 Å². The maximum Gasteiger partial charge on any atom is 0.246 e. The van der Waals surface area contributed by atoms with Gasteiger partial charge in [-0.1, -0.05) is 50.3 Å². The van der Waals surface area contributed by atoms with E-state index in [1.807, 2.05) is 12.3 Å². The van der Waals surface area contributed by atoms with Crippen LogP contribution in [0, 0.1) is 11.7 Å². The Kier molecular flexibility index (Phi) is 8.00. The normalized spacial score (nSPS) is 19.9. The lowest BCUT2D eigenvalue weighted by Gasteiger charge is -2.38. The number of benzene rings is 2. The fraction of sp³-hybridized carbons (Fsp3) is 0.400. The van der Waals surface area contributed by atoms with Crippen molar-refractivity contribution in [3.63, 3.8) is 0 Å². The molecule has 206 valence electrons. The molecule has 1 aliphatic carbocycles.